The van der Waals surface area contributed by atoms with Gasteiger partial charge in [-0.1, -0.05) is 25.6 Å². The standard InChI is InChI=1S/C4H12N2S2/c5-3-1-2-4-6(7)8/h7-8H,1-5H2. The Morgan fingerprint density at radius 3 is 2.25 bits per heavy atom. The Labute approximate surface area is 61.5 Å². The van der Waals surface area contributed by atoms with E-state index in [0.29, 0.717) is 0 Å². The molecular formula is C4H12N2S2. The van der Waals surface area contributed by atoms with Gasteiger partial charge >= 0.3 is 0 Å². The lowest BCUT2D eigenvalue weighted by atomic mass is 10.3. The molecule has 0 rings (SSSR count). The number of hydrogen-bond acceptors (Lipinski definition) is 4. The highest BCUT2D eigenvalue weighted by atomic mass is 32.2. The average molecular weight is 152 g/mol. The molecule has 0 saturated heterocycles. The van der Waals surface area contributed by atoms with Crippen LogP contribution in [0.3, 0.4) is 0 Å². The van der Waals surface area contributed by atoms with Crippen LogP contribution in [0.4, 0.5) is 0 Å². The maximum absolute atomic E-state index is 5.25. The molecule has 0 saturated carbocycles. The van der Waals surface area contributed by atoms with Crippen molar-refractivity contribution < 1.29 is 0 Å². The second kappa shape index (κ2) is 5.75. The molecule has 50 valence electrons. The van der Waals surface area contributed by atoms with Crippen molar-refractivity contribution in [2.75, 3.05) is 13.1 Å². The van der Waals surface area contributed by atoms with E-state index < -0.39 is 0 Å². The fourth-order valence-corrected chi connectivity index (χ4v) is 0.680. The SMILES string of the molecule is NCCCCN(S)S. The van der Waals surface area contributed by atoms with Crippen LogP contribution in [0.1, 0.15) is 12.8 Å². The third-order valence-corrected chi connectivity index (χ3v) is 1.21. The van der Waals surface area contributed by atoms with Gasteiger partial charge in [0.1, 0.15) is 0 Å². The summed E-state index contributed by atoms with van der Waals surface area (Å²) < 4.78 is 1.57. The molecule has 0 aromatic heterocycles. The zero-order valence-corrected chi connectivity index (χ0v) is 6.54. The highest BCUT2D eigenvalue weighted by Crippen LogP contribution is 1.99. The smallest absolute Gasteiger partial charge is 0.0198 e. The van der Waals surface area contributed by atoms with Crippen LogP contribution in [-0.2, 0) is 0 Å². The van der Waals surface area contributed by atoms with Crippen LogP contribution in [0.5, 0.6) is 0 Å². The Balaban J connectivity index is 2.72. The van der Waals surface area contributed by atoms with E-state index in [1.54, 1.807) is 3.71 Å². The van der Waals surface area contributed by atoms with Gasteiger partial charge in [-0.05, 0) is 19.4 Å². The summed E-state index contributed by atoms with van der Waals surface area (Å²) in [5, 5.41) is 0. The van der Waals surface area contributed by atoms with Crippen LogP contribution in [-0.4, -0.2) is 16.8 Å². The molecule has 4 heteroatoms. The molecule has 0 fully saturated rings. The van der Waals surface area contributed by atoms with E-state index in [1.165, 1.54) is 0 Å². The molecule has 0 radical (unpaired) electrons. The highest BCUT2D eigenvalue weighted by molar-refractivity contribution is 7.93. The molecule has 8 heavy (non-hydrogen) atoms. The minimum Gasteiger partial charge on any atom is -0.330 e. The second-order valence-electron chi connectivity index (χ2n) is 1.59. The van der Waals surface area contributed by atoms with Crippen LogP contribution < -0.4 is 5.73 Å². The molecule has 0 spiro atoms. The monoisotopic (exact) mass is 152 g/mol. The Morgan fingerprint density at radius 2 is 1.88 bits per heavy atom. The molecule has 0 amide bonds. The first-order valence-corrected chi connectivity index (χ1v) is 3.42. The van der Waals surface area contributed by atoms with Gasteiger partial charge in [-0.2, -0.15) is 0 Å². The molecular weight excluding hydrogens is 140 g/mol. The molecule has 0 aromatic rings. The lowest BCUT2D eigenvalue weighted by molar-refractivity contribution is 0.650. The van der Waals surface area contributed by atoms with E-state index in [2.05, 4.69) is 25.6 Å². The van der Waals surface area contributed by atoms with E-state index in [0.717, 1.165) is 25.9 Å². The molecule has 0 atom stereocenters. The molecule has 0 aliphatic heterocycles. The van der Waals surface area contributed by atoms with E-state index in [1.807, 2.05) is 0 Å². The molecule has 0 bridgehead atoms. The lowest BCUT2D eigenvalue weighted by Crippen LogP contribution is -2.04. The summed E-state index contributed by atoms with van der Waals surface area (Å²) in [6.45, 7) is 1.65. The molecule has 0 aliphatic rings. The predicted octanol–water partition coefficient (Wildman–Crippen LogP) is 0.717. The lowest BCUT2D eigenvalue weighted by Gasteiger charge is -2.03. The van der Waals surface area contributed by atoms with Crippen molar-refractivity contribution >= 4 is 25.6 Å². The summed E-state index contributed by atoms with van der Waals surface area (Å²) in [6.07, 6.45) is 2.13. The van der Waals surface area contributed by atoms with Crippen molar-refractivity contribution in [3.8, 4) is 0 Å². The Hall–Kier alpha value is 0.620. The summed E-state index contributed by atoms with van der Waals surface area (Å²) in [4.78, 5) is 0. The first kappa shape index (κ1) is 8.62. The van der Waals surface area contributed by atoms with Gasteiger partial charge in [0.25, 0.3) is 0 Å². The maximum Gasteiger partial charge on any atom is 0.0198 e. The zero-order valence-electron chi connectivity index (χ0n) is 4.75. The van der Waals surface area contributed by atoms with Gasteiger partial charge in [-0.15, -0.1) is 0 Å². The van der Waals surface area contributed by atoms with Crippen molar-refractivity contribution in [1.29, 1.82) is 0 Å². The normalized spacial score (nSPS) is 10.5. The topological polar surface area (TPSA) is 29.3 Å². The molecule has 0 heterocycles. The summed E-state index contributed by atoms with van der Waals surface area (Å²) in [7, 11) is 0. The number of hydrogen-bond donors (Lipinski definition) is 3. The first-order valence-electron chi connectivity index (χ1n) is 2.62. The Kier molecular flexibility index (Phi) is 6.20. The summed E-state index contributed by atoms with van der Waals surface area (Å²) in [5.74, 6) is 0. The van der Waals surface area contributed by atoms with Crippen LogP contribution in [0, 0.1) is 0 Å². The van der Waals surface area contributed by atoms with Gasteiger partial charge in [-0.25, -0.2) is 3.71 Å². The Bertz CT molecular complexity index is 49.3. The van der Waals surface area contributed by atoms with Crippen LogP contribution in [0.15, 0.2) is 0 Å². The maximum atomic E-state index is 5.25. The Morgan fingerprint density at radius 1 is 1.25 bits per heavy atom. The zero-order chi connectivity index (χ0) is 6.41. The van der Waals surface area contributed by atoms with Crippen molar-refractivity contribution in [3.63, 3.8) is 0 Å². The van der Waals surface area contributed by atoms with E-state index in [9.17, 15) is 0 Å². The predicted molar refractivity (Wildman–Crippen MR) is 43.0 cm³/mol. The first-order chi connectivity index (χ1) is 3.77. The van der Waals surface area contributed by atoms with Gasteiger partial charge in [0.15, 0.2) is 0 Å². The molecule has 2 N–H and O–H groups in total. The minimum absolute atomic E-state index is 0.759. The van der Waals surface area contributed by atoms with Gasteiger partial charge in [0, 0.05) is 6.54 Å². The molecule has 2 nitrogen and oxygen atoms in total. The number of unbranched alkanes of at least 4 members (excludes halogenated alkanes) is 1. The fraction of sp³-hybridized carbons (Fsp3) is 1.00. The van der Waals surface area contributed by atoms with Crippen molar-refractivity contribution in [1.82, 2.24) is 3.71 Å². The highest BCUT2D eigenvalue weighted by Gasteiger charge is 1.88. The number of nitrogens with two attached hydrogens (primary N) is 1. The van der Waals surface area contributed by atoms with E-state index in [-0.39, 0.29) is 0 Å². The molecule has 0 aliphatic carbocycles. The van der Waals surface area contributed by atoms with Gasteiger partial charge in [0.05, 0.1) is 0 Å². The summed E-state index contributed by atoms with van der Waals surface area (Å²) in [6, 6.07) is 0. The molecule has 0 aromatic carbocycles. The summed E-state index contributed by atoms with van der Waals surface area (Å²) >= 11 is 7.86. The minimum atomic E-state index is 0.759. The average Bonchev–Trinajstić information content (AvgIpc) is 1.66. The second-order valence-corrected chi connectivity index (χ2v) is 2.87. The van der Waals surface area contributed by atoms with Gasteiger partial charge < -0.3 is 5.73 Å². The number of rotatable bonds is 4. The van der Waals surface area contributed by atoms with Crippen LogP contribution >= 0.6 is 25.6 Å². The van der Waals surface area contributed by atoms with Crippen molar-refractivity contribution in [3.05, 3.63) is 0 Å². The van der Waals surface area contributed by atoms with Crippen molar-refractivity contribution in [2.45, 2.75) is 12.8 Å². The largest absolute Gasteiger partial charge is 0.330 e. The van der Waals surface area contributed by atoms with Gasteiger partial charge in [-0.3, -0.25) is 0 Å². The number of thiol groups is 2. The van der Waals surface area contributed by atoms with Crippen LogP contribution in [0.25, 0.3) is 0 Å². The quantitative estimate of drug-likeness (QED) is 0.409. The third kappa shape index (κ3) is 6.62. The van der Waals surface area contributed by atoms with Crippen LogP contribution in [0.2, 0.25) is 0 Å². The molecule has 0 unspecified atom stereocenters. The van der Waals surface area contributed by atoms with Gasteiger partial charge in [0.2, 0.25) is 0 Å². The number of nitrogens with zero attached hydrogens (tertiary/aromatic N) is 1. The van der Waals surface area contributed by atoms with E-state index >= 15 is 0 Å². The van der Waals surface area contributed by atoms with E-state index in [4.69, 9.17) is 5.73 Å². The fourth-order valence-electron chi connectivity index (χ4n) is 0.398. The summed E-state index contributed by atoms with van der Waals surface area (Å²) in [5.41, 5.74) is 5.25. The van der Waals surface area contributed by atoms with Crippen molar-refractivity contribution in [2.24, 2.45) is 5.73 Å². The third-order valence-electron chi connectivity index (χ3n) is 0.812.